The summed E-state index contributed by atoms with van der Waals surface area (Å²) >= 11 is 0. The first-order valence-electron chi connectivity index (χ1n) is 9.36. The number of hydrogen-bond donors (Lipinski definition) is 2. The number of carbonyl (C=O) groups is 1. The molecular formula is C23H19N5O2. The highest BCUT2D eigenvalue weighted by atomic mass is 16.5. The third kappa shape index (κ3) is 5.17. The molecule has 0 atom stereocenters. The van der Waals surface area contributed by atoms with Crippen molar-refractivity contribution in [3.63, 3.8) is 0 Å². The molecule has 2 heterocycles. The fourth-order valence-corrected chi connectivity index (χ4v) is 2.68. The molecule has 7 heteroatoms. The second-order valence-electron chi connectivity index (χ2n) is 6.37. The first-order chi connectivity index (χ1) is 14.8. The van der Waals surface area contributed by atoms with Crippen molar-refractivity contribution in [1.82, 2.24) is 15.0 Å². The number of nitrogens with zero attached hydrogens (tertiary/aromatic N) is 3. The Morgan fingerprint density at radius 1 is 0.833 bits per heavy atom. The number of nitrogens with one attached hydrogen (secondary N) is 2. The Bertz CT molecular complexity index is 1100. The maximum Gasteiger partial charge on any atom is 0.274 e. The van der Waals surface area contributed by atoms with Crippen LogP contribution in [0.15, 0.2) is 91.4 Å². The molecule has 2 aromatic carbocycles. The Labute approximate surface area is 173 Å². The minimum absolute atomic E-state index is 0.270. The summed E-state index contributed by atoms with van der Waals surface area (Å²) in [6.45, 7) is 0.538. The van der Waals surface area contributed by atoms with E-state index < -0.39 is 0 Å². The van der Waals surface area contributed by atoms with Gasteiger partial charge in [0, 0.05) is 30.8 Å². The predicted molar refractivity (Wildman–Crippen MR) is 115 cm³/mol. The van der Waals surface area contributed by atoms with Crippen LogP contribution in [-0.4, -0.2) is 20.9 Å². The van der Waals surface area contributed by atoms with Gasteiger partial charge in [0.1, 0.15) is 17.2 Å². The maximum atomic E-state index is 12.5. The minimum Gasteiger partial charge on any atom is -0.457 e. The SMILES string of the molecule is O=C(Nc1ccc(Oc2ccccc2)cc1)c1ccnc(NCc2ccncc2)n1. The molecule has 2 N–H and O–H groups in total. The zero-order chi connectivity index (χ0) is 20.6. The summed E-state index contributed by atoms with van der Waals surface area (Å²) in [5.74, 6) is 1.50. The maximum absolute atomic E-state index is 12.5. The van der Waals surface area contributed by atoms with E-state index in [4.69, 9.17) is 4.74 Å². The standard InChI is InChI=1S/C23H19N5O2/c29-22(21-12-15-25-23(28-21)26-16-17-10-13-24-14-11-17)27-18-6-8-20(9-7-18)30-19-4-2-1-3-5-19/h1-15H,16H2,(H,27,29)(H,25,26,28). The Hall–Kier alpha value is -4.26. The Balaban J connectivity index is 1.36. The Morgan fingerprint density at radius 3 is 2.33 bits per heavy atom. The molecule has 0 aliphatic rings. The molecule has 0 fully saturated rings. The Kier molecular flexibility index (Phi) is 5.91. The molecule has 30 heavy (non-hydrogen) atoms. The molecule has 0 bridgehead atoms. The van der Waals surface area contributed by atoms with Crippen molar-refractivity contribution in [2.75, 3.05) is 10.6 Å². The molecule has 0 saturated carbocycles. The average Bonchev–Trinajstić information content (AvgIpc) is 2.80. The quantitative estimate of drug-likeness (QED) is 0.476. The molecule has 148 valence electrons. The van der Waals surface area contributed by atoms with Crippen LogP contribution in [0.25, 0.3) is 0 Å². The molecule has 7 nitrogen and oxygen atoms in total. The van der Waals surface area contributed by atoms with Gasteiger partial charge in [-0.3, -0.25) is 9.78 Å². The highest BCUT2D eigenvalue weighted by Crippen LogP contribution is 2.22. The van der Waals surface area contributed by atoms with Gasteiger partial charge in [0.05, 0.1) is 0 Å². The van der Waals surface area contributed by atoms with Crippen molar-refractivity contribution in [2.45, 2.75) is 6.54 Å². The molecule has 0 unspecified atom stereocenters. The van der Waals surface area contributed by atoms with E-state index in [1.54, 1.807) is 48.9 Å². The van der Waals surface area contributed by atoms with Crippen molar-refractivity contribution >= 4 is 17.5 Å². The molecule has 0 aliphatic carbocycles. The van der Waals surface area contributed by atoms with Crippen molar-refractivity contribution in [3.05, 3.63) is 103 Å². The smallest absolute Gasteiger partial charge is 0.274 e. The summed E-state index contributed by atoms with van der Waals surface area (Å²) in [6, 6.07) is 22.0. The third-order valence-electron chi connectivity index (χ3n) is 4.18. The fourth-order valence-electron chi connectivity index (χ4n) is 2.68. The number of hydrogen-bond acceptors (Lipinski definition) is 6. The summed E-state index contributed by atoms with van der Waals surface area (Å²) in [5.41, 5.74) is 1.96. The highest BCUT2D eigenvalue weighted by Gasteiger charge is 2.10. The molecule has 0 radical (unpaired) electrons. The lowest BCUT2D eigenvalue weighted by atomic mass is 10.2. The summed E-state index contributed by atoms with van der Waals surface area (Å²) in [5, 5.41) is 5.93. The van der Waals surface area contributed by atoms with Gasteiger partial charge in [0.15, 0.2) is 0 Å². The monoisotopic (exact) mass is 397 g/mol. The first-order valence-corrected chi connectivity index (χ1v) is 9.36. The lowest BCUT2D eigenvalue weighted by Gasteiger charge is -2.09. The number of amides is 1. The highest BCUT2D eigenvalue weighted by molar-refractivity contribution is 6.02. The predicted octanol–water partition coefficient (Wildman–Crippen LogP) is 4.53. The van der Waals surface area contributed by atoms with Gasteiger partial charge >= 0.3 is 0 Å². The van der Waals surface area contributed by atoms with Crippen molar-refractivity contribution in [2.24, 2.45) is 0 Å². The summed E-state index contributed by atoms with van der Waals surface area (Å²) < 4.78 is 5.76. The van der Waals surface area contributed by atoms with Gasteiger partial charge in [-0.05, 0) is 60.2 Å². The van der Waals surface area contributed by atoms with Crippen LogP contribution in [0.2, 0.25) is 0 Å². The topological polar surface area (TPSA) is 89.0 Å². The number of ether oxygens (including phenoxy) is 1. The molecule has 4 aromatic rings. The molecule has 4 rings (SSSR count). The van der Waals surface area contributed by atoms with Gasteiger partial charge in [0.2, 0.25) is 5.95 Å². The molecule has 0 aliphatic heterocycles. The zero-order valence-corrected chi connectivity index (χ0v) is 16.0. The molecule has 1 amide bonds. The van der Waals surface area contributed by atoms with Gasteiger partial charge < -0.3 is 15.4 Å². The number of rotatable bonds is 7. The zero-order valence-electron chi connectivity index (χ0n) is 16.0. The largest absolute Gasteiger partial charge is 0.457 e. The van der Waals surface area contributed by atoms with Gasteiger partial charge in [-0.2, -0.15) is 0 Å². The second kappa shape index (κ2) is 9.29. The van der Waals surface area contributed by atoms with E-state index in [9.17, 15) is 4.79 Å². The van der Waals surface area contributed by atoms with Crippen LogP contribution in [0.3, 0.4) is 0 Å². The fraction of sp³-hybridized carbons (Fsp3) is 0.0435. The van der Waals surface area contributed by atoms with Crippen molar-refractivity contribution < 1.29 is 9.53 Å². The Morgan fingerprint density at radius 2 is 1.57 bits per heavy atom. The molecular weight excluding hydrogens is 378 g/mol. The van der Waals surface area contributed by atoms with Crippen molar-refractivity contribution in [1.29, 1.82) is 0 Å². The number of anilines is 2. The van der Waals surface area contributed by atoms with E-state index in [0.717, 1.165) is 11.3 Å². The van der Waals surface area contributed by atoms with Crippen LogP contribution < -0.4 is 15.4 Å². The number of pyridine rings is 1. The number of carbonyl (C=O) groups excluding carboxylic acids is 1. The number of aromatic nitrogens is 3. The van der Waals surface area contributed by atoms with E-state index in [-0.39, 0.29) is 11.6 Å². The third-order valence-corrected chi connectivity index (χ3v) is 4.18. The molecule has 0 saturated heterocycles. The van der Waals surface area contributed by atoms with Crippen LogP contribution in [0.5, 0.6) is 11.5 Å². The lowest BCUT2D eigenvalue weighted by molar-refractivity contribution is 0.102. The van der Waals surface area contributed by atoms with E-state index in [2.05, 4.69) is 25.6 Å². The molecule has 0 spiro atoms. The van der Waals surface area contributed by atoms with Gasteiger partial charge in [-0.1, -0.05) is 18.2 Å². The van der Waals surface area contributed by atoms with E-state index >= 15 is 0 Å². The van der Waals surface area contributed by atoms with Gasteiger partial charge in [-0.25, -0.2) is 9.97 Å². The summed E-state index contributed by atoms with van der Waals surface area (Å²) in [4.78, 5) is 25.0. The molecule has 2 aromatic heterocycles. The minimum atomic E-state index is -0.318. The first kappa shape index (κ1) is 19.1. The van der Waals surface area contributed by atoms with Crippen LogP contribution >= 0.6 is 0 Å². The van der Waals surface area contributed by atoms with E-state index in [1.165, 1.54) is 0 Å². The number of para-hydroxylation sites is 1. The number of benzene rings is 2. The lowest BCUT2D eigenvalue weighted by Crippen LogP contribution is -2.15. The van der Waals surface area contributed by atoms with Gasteiger partial charge in [0.25, 0.3) is 5.91 Å². The van der Waals surface area contributed by atoms with Crippen molar-refractivity contribution in [3.8, 4) is 11.5 Å². The van der Waals surface area contributed by atoms with Gasteiger partial charge in [-0.15, -0.1) is 0 Å². The summed E-state index contributed by atoms with van der Waals surface area (Å²) in [6.07, 6.45) is 4.99. The van der Waals surface area contributed by atoms with Crippen LogP contribution in [-0.2, 0) is 6.54 Å². The van der Waals surface area contributed by atoms with Crippen LogP contribution in [0.1, 0.15) is 16.1 Å². The van der Waals surface area contributed by atoms with E-state index in [1.807, 2.05) is 42.5 Å². The van der Waals surface area contributed by atoms with Crippen LogP contribution in [0.4, 0.5) is 11.6 Å². The summed E-state index contributed by atoms with van der Waals surface area (Å²) in [7, 11) is 0. The second-order valence-corrected chi connectivity index (χ2v) is 6.37. The van der Waals surface area contributed by atoms with E-state index in [0.29, 0.717) is 23.9 Å². The van der Waals surface area contributed by atoms with Crippen LogP contribution in [0, 0.1) is 0 Å². The normalized spacial score (nSPS) is 10.3. The average molecular weight is 397 g/mol.